The van der Waals surface area contributed by atoms with Gasteiger partial charge < -0.3 is 4.42 Å². The van der Waals surface area contributed by atoms with Gasteiger partial charge in [0, 0.05) is 38.4 Å². The molecular formula is C17H23N3O. The lowest BCUT2D eigenvalue weighted by molar-refractivity contribution is 0.0917. The second-order valence-corrected chi connectivity index (χ2v) is 5.76. The zero-order chi connectivity index (χ0) is 14.7. The average molecular weight is 285 g/mol. The van der Waals surface area contributed by atoms with Gasteiger partial charge in [-0.2, -0.15) is 0 Å². The molecule has 3 rings (SSSR count). The third-order valence-corrected chi connectivity index (χ3v) is 4.25. The number of hydrogen-bond donors (Lipinski definition) is 0. The third kappa shape index (κ3) is 3.52. The molecule has 3 heterocycles. The molecule has 0 N–H and O–H groups in total. The normalized spacial score (nSPS) is 18.8. The van der Waals surface area contributed by atoms with Gasteiger partial charge in [0.15, 0.2) is 0 Å². The Morgan fingerprint density at radius 1 is 1.14 bits per heavy atom. The predicted octanol–water partition coefficient (Wildman–Crippen LogP) is 2.86. The van der Waals surface area contributed by atoms with Crippen LogP contribution in [0.15, 0.2) is 40.9 Å². The highest BCUT2D eigenvalue weighted by Crippen LogP contribution is 2.20. The summed E-state index contributed by atoms with van der Waals surface area (Å²) in [6.07, 6.45) is 1.88. The van der Waals surface area contributed by atoms with Crippen molar-refractivity contribution in [3.05, 3.63) is 53.7 Å². The van der Waals surface area contributed by atoms with Gasteiger partial charge in [0.25, 0.3) is 0 Å². The van der Waals surface area contributed by atoms with Crippen LogP contribution in [0, 0.1) is 6.92 Å². The van der Waals surface area contributed by atoms with E-state index >= 15 is 0 Å². The Balaban J connectivity index is 1.53. The SMILES string of the molecule is Cc1ccc(CN2CCN(C(C)c3ccccn3)CC2)o1. The summed E-state index contributed by atoms with van der Waals surface area (Å²) < 4.78 is 5.66. The molecule has 1 fully saturated rings. The van der Waals surface area contributed by atoms with E-state index < -0.39 is 0 Å². The lowest BCUT2D eigenvalue weighted by Crippen LogP contribution is -2.46. The highest BCUT2D eigenvalue weighted by atomic mass is 16.3. The minimum absolute atomic E-state index is 0.388. The summed E-state index contributed by atoms with van der Waals surface area (Å²) in [4.78, 5) is 9.44. The summed E-state index contributed by atoms with van der Waals surface area (Å²) >= 11 is 0. The van der Waals surface area contributed by atoms with Crippen LogP contribution in [-0.2, 0) is 6.54 Å². The molecule has 4 nitrogen and oxygen atoms in total. The Morgan fingerprint density at radius 3 is 2.57 bits per heavy atom. The number of hydrogen-bond acceptors (Lipinski definition) is 4. The summed E-state index contributed by atoms with van der Waals surface area (Å²) in [7, 11) is 0. The minimum Gasteiger partial charge on any atom is -0.465 e. The van der Waals surface area contributed by atoms with E-state index in [0.29, 0.717) is 6.04 Å². The third-order valence-electron chi connectivity index (χ3n) is 4.25. The standard InChI is InChI=1S/C17H23N3O/c1-14-6-7-16(21-14)13-19-9-11-20(12-10-19)15(2)17-5-3-4-8-18-17/h3-8,15H,9-13H2,1-2H3. The van der Waals surface area contributed by atoms with Crippen LogP contribution in [0.2, 0.25) is 0 Å². The van der Waals surface area contributed by atoms with E-state index in [1.165, 1.54) is 0 Å². The van der Waals surface area contributed by atoms with E-state index in [1.807, 2.05) is 25.3 Å². The van der Waals surface area contributed by atoms with Crippen molar-refractivity contribution in [3.8, 4) is 0 Å². The van der Waals surface area contributed by atoms with E-state index in [1.54, 1.807) is 0 Å². The maximum Gasteiger partial charge on any atom is 0.118 e. The Labute approximate surface area is 126 Å². The summed E-state index contributed by atoms with van der Waals surface area (Å²) in [5.74, 6) is 2.06. The molecule has 2 aromatic heterocycles. The topological polar surface area (TPSA) is 32.5 Å². The van der Waals surface area contributed by atoms with Crippen LogP contribution < -0.4 is 0 Å². The molecule has 0 amide bonds. The molecule has 0 spiro atoms. The summed E-state index contributed by atoms with van der Waals surface area (Å²) in [6.45, 7) is 9.48. The van der Waals surface area contributed by atoms with Crippen LogP contribution in [0.5, 0.6) is 0 Å². The Hall–Kier alpha value is -1.65. The van der Waals surface area contributed by atoms with Crippen molar-refractivity contribution in [2.24, 2.45) is 0 Å². The Morgan fingerprint density at radius 2 is 1.95 bits per heavy atom. The van der Waals surface area contributed by atoms with Crippen molar-refractivity contribution in [1.29, 1.82) is 0 Å². The average Bonchev–Trinajstić information content (AvgIpc) is 2.93. The van der Waals surface area contributed by atoms with Gasteiger partial charge in [-0.1, -0.05) is 6.07 Å². The monoisotopic (exact) mass is 285 g/mol. The number of nitrogens with zero attached hydrogens (tertiary/aromatic N) is 3. The molecule has 0 aliphatic carbocycles. The van der Waals surface area contributed by atoms with Crippen molar-refractivity contribution < 1.29 is 4.42 Å². The van der Waals surface area contributed by atoms with E-state index in [9.17, 15) is 0 Å². The molecule has 21 heavy (non-hydrogen) atoms. The largest absolute Gasteiger partial charge is 0.465 e. The van der Waals surface area contributed by atoms with Crippen molar-refractivity contribution >= 4 is 0 Å². The van der Waals surface area contributed by atoms with Crippen LogP contribution >= 0.6 is 0 Å². The Kier molecular flexibility index (Phi) is 4.36. The van der Waals surface area contributed by atoms with Gasteiger partial charge >= 0.3 is 0 Å². The fourth-order valence-electron chi connectivity index (χ4n) is 2.91. The molecule has 1 aliphatic heterocycles. The van der Waals surface area contributed by atoms with Crippen LogP contribution in [0.4, 0.5) is 0 Å². The van der Waals surface area contributed by atoms with Gasteiger partial charge in [-0.05, 0) is 38.1 Å². The molecule has 1 atom stereocenters. The Bertz CT molecular complexity index is 558. The molecule has 0 saturated carbocycles. The molecule has 1 aliphatic rings. The van der Waals surface area contributed by atoms with E-state index in [4.69, 9.17) is 4.42 Å². The number of aromatic nitrogens is 1. The van der Waals surface area contributed by atoms with Gasteiger partial charge in [-0.25, -0.2) is 0 Å². The second-order valence-electron chi connectivity index (χ2n) is 5.76. The quantitative estimate of drug-likeness (QED) is 0.864. The molecule has 0 bridgehead atoms. The molecule has 1 saturated heterocycles. The number of aryl methyl sites for hydroxylation is 1. The van der Waals surface area contributed by atoms with Crippen LogP contribution in [0.3, 0.4) is 0 Å². The van der Waals surface area contributed by atoms with Crippen molar-refractivity contribution in [2.75, 3.05) is 26.2 Å². The zero-order valence-electron chi connectivity index (χ0n) is 12.8. The molecule has 1 unspecified atom stereocenters. The molecular weight excluding hydrogens is 262 g/mol. The van der Waals surface area contributed by atoms with Crippen molar-refractivity contribution in [1.82, 2.24) is 14.8 Å². The number of pyridine rings is 1. The first kappa shape index (κ1) is 14.3. The van der Waals surface area contributed by atoms with Gasteiger partial charge in [-0.15, -0.1) is 0 Å². The van der Waals surface area contributed by atoms with Gasteiger partial charge in [0.2, 0.25) is 0 Å². The lowest BCUT2D eigenvalue weighted by Gasteiger charge is -2.37. The summed E-state index contributed by atoms with van der Waals surface area (Å²) in [6, 6.07) is 10.7. The van der Waals surface area contributed by atoms with Gasteiger partial charge in [0.05, 0.1) is 12.2 Å². The smallest absolute Gasteiger partial charge is 0.118 e. The molecule has 2 aromatic rings. The van der Waals surface area contributed by atoms with E-state index in [-0.39, 0.29) is 0 Å². The number of piperazine rings is 1. The molecule has 0 radical (unpaired) electrons. The number of furan rings is 1. The maximum atomic E-state index is 5.66. The summed E-state index contributed by atoms with van der Waals surface area (Å²) in [5.41, 5.74) is 1.16. The van der Waals surface area contributed by atoms with Crippen LogP contribution in [0.25, 0.3) is 0 Å². The first-order valence-electron chi connectivity index (χ1n) is 7.65. The van der Waals surface area contributed by atoms with Crippen LogP contribution in [0.1, 0.15) is 30.2 Å². The minimum atomic E-state index is 0.388. The van der Waals surface area contributed by atoms with E-state index in [2.05, 4.69) is 39.9 Å². The maximum absolute atomic E-state index is 5.66. The van der Waals surface area contributed by atoms with Crippen molar-refractivity contribution in [3.63, 3.8) is 0 Å². The predicted molar refractivity (Wildman–Crippen MR) is 82.9 cm³/mol. The van der Waals surface area contributed by atoms with Crippen molar-refractivity contribution in [2.45, 2.75) is 26.4 Å². The number of rotatable bonds is 4. The second kappa shape index (κ2) is 6.41. The van der Waals surface area contributed by atoms with Gasteiger partial charge in [-0.3, -0.25) is 14.8 Å². The fraction of sp³-hybridized carbons (Fsp3) is 0.471. The first-order chi connectivity index (χ1) is 10.2. The lowest BCUT2D eigenvalue weighted by atomic mass is 10.1. The highest BCUT2D eigenvalue weighted by molar-refractivity contribution is 5.09. The molecule has 0 aromatic carbocycles. The van der Waals surface area contributed by atoms with Gasteiger partial charge in [0.1, 0.15) is 11.5 Å². The molecule has 112 valence electrons. The fourth-order valence-corrected chi connectivity index (χ4v) is 2.91. The highest BCUT2D eigenvalue weighted by Gasteiger charge is 2.23. The summed E-state index contributed by atoms with van der Waals surface area (Å²) in [5, 5.41) is 0. The van der Waals surface area contributed by atoms with Crippen LogP contribution in [-0.4, -0.2) is 41.0 Å². The van der Waals surface area contributed by atoms with E-state index in [0.717, 1.165) is 49.9 Å². The zero-order valence-corrected chi connectivity index (χ0v) is 12.8. The molecule has 4 heteroatoms. The first-order valence-corrected chi connectivity index (χ1v) is 7.65.